The van der Waals surface area contributed by atoms with Gasteiger partial charge in [0.25, 0.3) is 0 Å². The van der Waals surface area contributed by atoms with Crippen LogP contribution in [0.5, 0.6) is 0 Å². The Kier molecular flexibility index (Phi) is 5.36. The first-order chi connectivity index (χ1) is 15.0. The predicted octanol–water partition coefficient (Wildman–Crippen LogP) is 3.77. The molecule has 8 nitrogen and oxygen atoms in total. The van der Waals surface area contributed by atoms with Crippen molar-refractivity contribution in [3.63, 3.8) is 0 Å². The van der Waals surface area contributed by atoms with Crippen LogP contribution in [0.25, 0.3) is 10.9 Å². The summed E-state index contributed by atoms with van der Waals surface area (Å²) >= 11 is 0. The molecule has 3 atom stereocenters. The number of hydrogen-bond donors (Lipinski definition) is 4. The van der Waals surface area contributed by atoms with Crippen LogP contribution in [-0.2, 0) is 14.4 Å². The first-order valence-electron chi connectivity index (χ1n) is 10.8. The van der Waals surface area contributed by atoms with Crippen molar-refractivity contribution in [2.75, 3.05) is 11.9 Å². The minimum atomic E-state index is -1.21. The second-order valence-corrected chi connectivity index (χ2v) is 10.3. The van der Waals surface area contributed by atoms with E-state index in [1.54, 1.807) is 24.4 Å². The number of hydrogen-bond acceptors (Lipinski definition) is 4. The molecule has 2 heterocycles. The average molecular weight is 440 g/mol. The molecule has 3 unspecified atom stereocenters. The van der Waals surface area contributed by atoms with Gasteiger partial charge in [-0.2, -0.15) is 0 Å². The van der Waals surface area contributed by atoms with Gasteiger partial charge in [0.1, 0.15) is 6.04 Å². The minimum Gasteiger partial charge on any atom is -0.480 e. The van der Waals surface area contributed by atoms with Gasteiger partial charge in [0.2, 0.25) is 5.91 Å². The highest BCUT2D eigenvalue weighted by Crippen LogP contribution is 2.54. The second kappa shape index (κ2) is 7.78. The Labute approximate surface area is 186 Å². The van der Waals surface area contributed by atoms with Crippen LogP contribution in [0.1, 0.15) is 51.6 Å². The topological polar surface area (TPSA) is 123 Å². The van der Waals surface area contributed by atoms with E-state index in [1.807, 2.05) is 0 Å². The Hall–Kier alpha value is -3.13. The van der Waals surface area contributed by atoms with E-state index in [2.05, 4.69) is 36.0 Å². The maximum absolute atomic E-state index is 12.5. The molecule has 1 amide bonds. The van der Waals surface area contributed by atoms with Crippen LogP contribution < -0.4 is 5.32 Å². The molecular formula is C24H29N3O5. The number of carboxylic acids is 2. The molecule has 8 heteroatoms. The van der Waals surface area contributed by atoms with E-state index in [0.29, 0.717) is 11.3 Å². The van der Waals surface area contributed by atoms with E-state index < -0.39 is 23.9 Å². The number of carboxylic acid groups (broad SMARTS) is 2. The Balaban J connectivity index is 1.67. The van der Waals surface area contributed by atoms with Gasteiger partial charge in [-0.3, -0.25) is 14.5 Å². The lowest BCUT2D eigenvalue weighted by Crippen LogP contribution is -2.39. The summed E-state index contributed by atoms with van der Waals surface area (Å²) < 4.78 is 0. The number of anilines is 1. The SMILES string of the molecule is CC1(C)CC2CC(C)(CN2C(C(=O)O)c2c[nH]c3ccc(NC(=O)/C=C/C(=O)O)cc23)C1. The number of carbonyl (C=O) groups excluding carboxylic acids is 1. The molecule has 1 saturated heterocycles. The van der Waals surface area contributed by atoms with Gasteiger partial charge in [-0.1, -0.05) is 20.8 Å². The molecule has 2 fully saturated rings. The van der Waals surface area contributed by atoms with Gasteiger partial charge in [-0.05, 0) is 48.3 Å². The number of fused-ring (bicyclic) bond motifs is 3. The number of aliphatic carboxylic acids is 2. The van der Waals surface area contributed by atoms with Crippen molar-refractivity contribution in [1.29, 1.82) is 0 Å². The van der Waals surface area contributed by atoms with Gasteiger partial charge in [0.15, 0.2) is 0 Å². The van der Waals surface area contributed by atoms with Gasteiger partial charge >= 0.3 is 11.9 Å². The van der Waals surface area contributed by atoms with Gasteiger partial charge in [0, 0.05) is 53.1 Å². The molecule has 1 aromatic heterocycles. The van der Waals surface area contributed by atoms with Crippen molar-refractivity contribution in [1.82, 2.24) is 9.88 Å². The van der Waals surface area contributed by atoms with Crippen molar-refractivity contribution in [2.45, 2.75) is 52.1 Å². The molecule has 2 bridgehead atoms. The summed E-state index contributed by atoms with van der Waals surface area (Å²) in [5.41, 5.74) is 2.19. The van der Waals surface area contributed by atoms with Gasteiger partial charge < -0.3 is 20.5 Å². The number of H-pyrrole nitrogens is 1. The second-order valence-electron chi connectivity index (χ2n) is 10.3. The molecule has 0 spiro atoms. The number of amides is 1. The first kappa shape index (κ1) is 22.1. The van der Waals surface area contributed by atoms with Crippen LogP contribution in [-0.4, -0.2) is 50.5 Å². The highest BCUT2D eigenvalue weighted by Gasteiger charge is 2.52. The maximum atomic E-state index is 12.5. The van der Waals surface area contributed by atoms with Crippen LogP contribution >= 0.6 is 0 Å². The van der Waals surface area contributed by atoms with Gasteiger partial charge in [-0.15, -0.1) is 0 Å². The highest BCUT2D eigenvalue weighted by molar-refractivity contribution is 6.03. The normalized spacial score (nSPS) is 25.8. The van der Waals surface area contributed by atoms with Crippen molar-refractivity contribution < 1.29 is 24.6 Å². The predicted molar refractivity (Wildman–Crippen MR) is 120 cm³/mol. The fourth-order valence-electron chi connectivity index (χ4n) is 6.04. The molecule has 1 aliphatic heterocycles. The molecule has 4 rings (SSSR count). The Morgan fingerprint density at radius 1 is 1.19 bits per heavy atom. The van der Waals surface area contributed by atoms with Crippen LogP contribution in [0.4, 0.5) is 5.69 Å². The van der Waals surface area contributed by atoms with Crippen molar-refractivity contribution >= 4 is 34.4 Å². The lowest BCUT2D eigenvalue weighted by Gasteiger charge is -2.40. The number of nitrogens with one attached hydrogen (secondary N) is 2. The van der Waals surface area contributed by atoms with E-state index >= 15 is 0 Å². The Bertz CT molecular complexity index is 1120. The third-order valence-electron chi connectivity index (χ3n) is 6.67. The third kappa shape index (κ3) is 4.27. The molecule has 0 radical (unpaired) electrons. The minimum absolute atomic E-state index is 0.0990. The molecule has 170 valence electrons. The summed E-state index contributed by atoms with van der Waals surface area (Å²) in [6.45, 7) is 7.51. The van der Waals surface area contributed by atoms with E-state index in [4.69, 9.17) is 5.11 Å². The maximum Gasteiger partial charge on any atom is 0.328 e. The van der Waals surface area contributed by atoms with Crippen molar-refractivity contribution in [3.8, 4) is 0 Å². The number of carbonyl (C=O) groups is 3. The third-order valence-corrected chi connectivity index (χ3v) is 6.67. The molecule has 1 saturated carbocycles. The molecular weight excluding hydrogens is 410 g/mol. The molecule has 2 aliphatic rings. The average Bonchev–Trinajstić information content (AvgIpc) is 3.17. The number of likely N-dealkylation sites (tertiary alicyclic amines) is 1. The summed E-state index contributed by atoms with van der Waals surface area (Å²) in [6, 6.07) is 4.62. The summed E-state index contributed by atoms with van der Waals surface area (Å²) in [5, 5.41) is 22.3. The number of aromatic nitrogens is 1. The highest BCUT2D eigenvalue weighted by atomic mass is 16.4. The van der Waals surface area contributed by atoms with E-state index in [1.165, 1.54) is 0 Å². The smallest absolute Gasteiger partial charge is 0.328 e. The number of benzene rings is 1. The van der Waals surface area contributed by atoms with E-state index in [0.717, 1.165) is 48.9 Å². The molecule has 32 heavy (non-hydrogen) atoms. The number of aromatic amines is 1. The summed E-state index contributed by atoms with van der Waals surface area (Å²) in [4.78, 5) is 40.4. The lowest BCUT2D eigenvalue weighted by atomic mass is 9.65. The zero-order valence-electron chi connectivity index (χ0n) is 18.5. The largest absolute Gasteiger partial charge is 0.480 e. The van der Waals surface area contributed by atoms with E-state index in [-0.39, 0.29) is 16.9 Å². The van der Waals surface area contributed by atoms with Gasteiger partial charge in [-0.25, -0.2) is 4.79 Å². The van der Waals surface area contributed by atoms with Crippen molar-refractivity contribution in [3.05, 3.63) is 42.1 Å². The molecule has 1 aliphatic carbocycles. The summed E-state index contributed by atoms with van der Waals surface area (Å²) in [7, 11) is 0. The number of rotatable bonds is 6. The lowest BCUT2D eigenvalue weighted by molar-refractivity contribution is -0.144. The summed E-state index contributed by atoms with van der Waals surface area (Å²) in [5.74, 6) is -2.67. The summed E-state index contributed by atoms with van der Waals surface area (Å²) in [6.07, 6.45) is 6.50. The quantitative estimate of drug-likeness (QED) is 0.508. The zero-order chi connectivity index (χ0) is 23.3. The fourth-order valence-corrected chi connectivity index (χ4v) is 6.04. The van der Waals surface area contributed by atoms with Crippen LogP contribution in [0.15, 0.2) is 36.5 Å². The fraction of sp³-hybridized carbons (Fsp3) is 0.458. The van der Waals surface area contributed by atoms with Crippen LogP contribution in [0.2, 0.25) is 0 Å². The zero-order valence-corrected chi connectivity index (χ0v) is 18.5. The van der Waals surface area contributed by atoms with E-state index in [9.17, 15) is 19.5 Å². The Morgan fingerprint density at radius 2 is 1.94 bits per heavy atom. The van der Waals surface area contributed by atoms with Crippen molar-refractivity contribution in [2.24, 2.45) is 10.8 Å². The monoisotopic (exact) mass is 439 g/mol. The molecule has 1 aromatic carbocycles. The first-order valence-corrected chi connectivity index (χ1v) is 10.8. The van der Waals surface area contributed by atoms with Crippen LogP contribution in [0.3, 0.4) is 0 Å². The van der Waals surface area contributed by atoms with Crippen LogP contribution in [0, 0.1) is 10.8 Å². The Morgan fingerprint density at radius 3 is 2.62 bits per heavy atom. The number of nitrogens with zero attached hydrogens (tertiary/aromatic N) is 1. The molecule has 4 N–H and O–H groups in total. The van der Waals surface area contributed by atoms with Gasteiger partial charge in [0.05, 0.1) is 0 Å². The molecule has 2 aromatic rings. The standard InChI is InChI=1S/C24H29N3O5/c1-23(2)9-15-10-24(3,12-23)13-27(15)21(22(31)32)17-11-25-18-5-4-14(8-16(17)18)26-19(28)6-7-20(29)30/h4-8,11,15,21,25H,9-10,12-13H2,1-3H3,(H,26,28)(H,29,30)(H,31,32)/b7-6+.